The Kier molecular flexibility index (Phi) is 5.12. The van der Waals surface area contributed by atoms with Crippen LogP contribution in [0.2, 0.25) is 0 Å². The van der Waals surface area contributed by atoms with Gasteiger partial charge in [0.2, 0.25) is 0 Å². The first-order chi connectivity index (χ1) is 9.29. The molecule has 2 rings (SSSR count). The fraction of sp³-hybridized carbons (Fsp3) is 0.400. The molecule has 1 heterocycles. The summed E-state index contributed by atoms with van der Waals surface area (Å²) < 4.78 is 1.93. The Bertz CT molecular complexity index is 478. The lowest BCUT2D eigenvalue weighted by molar-refractivity contribution is 0.321. The highest BCUT2D eigenvalue weighted by Crippen LogP contribution is 2.09. The molecule has 0 atom stereocenters. The first-order valence-corrected chi connectivity index (χ1v) is 6.71. The van der Waals surface area contributed by atoms with Gasteiger partial charge in [-0.05, 0) is 45.7 Å². The quantitative estimate of drug-likeness (QED) is 0.770. The molecule has 102 valence electrons. The van der Waals surface area contributed by atoms with Crippen LogP contribution in [0.4, 0.5) is 0 Å². The Morgan fingerprint density at radius 1 is 1.26 bits per heavy atom. The molecule has 0 amide bonds. The van der Waals surface area contributed by atoms with Gasteiger partial charge in [-0.3, -0.25) is 0 Å². The molecule has 19 heavy (non-hydrogen) atoms. The molecule has 0 bridgehead atoms. The van der Waals surface area contributed by atoms with Gasteiger partial charge >= 0.3 is 0 Å². The number of hydrogen-bond acceptors (Lipinski definition) is 3. The van der Waals surface area contributed by atoms with Crippen LogP contribution in [0.3, 0.4) is 0 Å². The maximum atomic E-state index is 4.41. The first kappa shape index (κ1) is 13.8. The van der Waals surface area contributed by atoms with Crippen LogP contribution in [-0.2, 0) is 6.54 Å². The zero-order valence-corrected chi connectivity index (χ0v) is 11.7. The lowest BCUT2D eigenvalue weighted by atomic mass is 10.3. The summed E-state index contributed by atoms with van der Waals surface area (Å²) in [7, 11) is 4.14. The Morgan fingerprint density at radius 3 is 2.79 bits per heavy atom. The van der Waals surface area contributed by atoms with Crippen LogP contribution in [0, 0.1) is 0 Å². The zero-order chi connectivity index (χ0) is 13.5. The molecule has 2 aromatic rings. The molecule has 1 aromatic carbocycles. The minimum atomic E-state index is 0.941. The maximum absolute atomic E-state index is 4.41. The van der Waals surface area contributed by atoms with Gasteiger partial charge in [-0.15, -0.1) is 0 Å². The van der Waals surface area contributed by atoms with Crippen LogP contribution < -0.4 is 5.32 Å². The number of para-hydroxylation sites is 1. The van der Waals surface area contributed by atoms with E-state index in [0.29, 0.717) is 0 Å². The van der Waals surface area contributed by atoms with Crippen molar-refractivity contribution in [2.75, 3.05) is 27.2 Å². The molecule has 1 aromatic heterocycles. The van der Waals surface area contributed by atoms with Gasteiger partial charge in [0, 0.05) is 18.3 Å². The lowest BCUT2D eigenvalue weighted by Gasteiger charge is -2.14. The molecule has 0 fully saturated rings. The van der Waals surface area contributed by atoms with Crippen LogP contribution in [0.5, 0.6) is 0 Å². The Morgan fingerprint density at radius 2 is 2.05 bits per heavy atom. The van der Waals surface area contributed by atoms with E-state index in [1.807, 2.05) is 36.1 Å². The molecule has 0 radical (unpaired) electrons. The third-order valence-electron chi connectivity index (χ3n) is 3.08. The monoisotopic (exact) mass is 258 g/mol. The van der Waals surface area contributed by atoms with Crippen LogP contribution in [0.15, 0.2) is 42.7 Å². The summed E-state index contributed by atoms with van der Waals surface area (Å²) in [5, 5.41) is 7.58. The van der Waals surface area contributed by atoms with Gasteiger partial charge in [0.1, 0.15) is 0 Å². The SMILES string of the molecule is CNCCCN(C)Cc1cnn(-c2ccccc2)c1. The molecule has 4 heteroatoms. The molecule has 0 spiro atoms. The molecule has 4 nitrogen and oxygen atoms in total. The van der Waals surface area contributed by atoms with Gasteiger partial charge in [0.05, 0.1) is 11.9 Å². The molecular formula is C15H22N4. The van der Waals surface area contributed by atoms with Gasteiger partial charge in [-0.2, -0.15) is 5.10 Å². The van der Waals surface area contributed by atoms with E-state index in [4.69, 9.17) is 0 Å². The standard InChI is InChI=1S/C15H22N4/c1-16-9-6-10-18(2)12-14-11-17-19(13-14)15-7-4-3-5-8-15/h3-5,7-8,11,13,16H,6,9-10,12H2,1-2H3. The average molecular weight is 258 g/mol. The molecule has 0 unspecified atom stereocenters. The van der Waals surface area contributed by atoms with E-state index < -0.39 is 0 Å². The van der Waals surface area contributed by atoms with Crippen LogP contribution in [-0.4, -0.2) is 41.9 Å². The zero-order valence-electron chi connectivity index (χ0n) is 11.7. The van der Waals surface area contributed by atoms with Gasteiger partial charge in [-0.1, -0.05) is 18.2 Å². The summed E-state index contributed by atoms with van der Waals surface area (Å²) in [6, 6.07) is 10.2. The molecule has 0 saturated carbocycles. The van der Waals surface area contributed by atoms with Gasteiger partial charge < -0.3 is 10.2 Å². The molecule has 0 aliphatic heterocycles. The predicted octanol–water partition coefficient (Wildman–Crippen LogP) is 1.91. The highest BCUT2D eigenvalue weighted by Gasteiger charge is 2.04. The van der Waals surface area contributed by atoms with Crippen molar-refractivity contribution in [2.24, 2.45) is 0 Å². The largest absolute Gasteiger partial charge is 0.320 e. The highest BCUT2D eigenvalue weighted by atomic mass is 15.3. The second-order valence-corrected chi connectivity index (χ2v) is 4.82. The summed E-state index contributed by atoms with van der Waals surface area (Å²) >= 11 is 0. The number of nitrogens with one attached hydrogen (secondary N) is 1. The second kappa shape index (κ2) is 7.07. The van der Waals surface area contributed by atoms with Gasteiger partial charge in [0.15, 0.2) is 0 Å². The van der Waals surface area contributed by atoms with Crippen molar-refractivity contribution >= 4 is 0 Å². The van der Waals surface area contributed by atoms with Crippen molar-refractivity contribution < 1.29 is 0 Å². The molecule has 0 saturated heterocycles. The summed E-state index contributed by atoms with van der Waals surface area (Å²) in [5.41, 5.74) is 2.35. The van der Waals surface area contributed by atoms with E-state index in [2.05, 4.69) is 40.7 Å². The van der Waals surface area contributed by atoms with Crippen LogP contribution >= 0.6 is 0 Å². The van der Waals surface area contributed by atoms with Crippen molar-refractivity contribution in [1.29, 1.82) is 0 Å². The third-order valence-corrected chi connectivity index (χ3v) is 3.08. The topological polar surface area (TPSA) is 33.1 Å². The van der Waals surface area contributed by atoms with Crippen molar-refractivity contribution in [3.8, 4) is 5.69 Å². The number of rotatable bonds is 7. The normalized spacial score (nSPS) is 11.1. The first-order valence-electron chi connectivity index (χ1n) is 6.71. The highest BCUT2D eigenvalue weighted by molar-refractivity contribution is 5.30. The van der Waals surface area contributed by atoms with Crippen molar-refractivity contribution in [2.45, 2.75) is 13.0 Å². The van der Waals surface area contributed by atoms with E-state index in [9.17, 15) is 0 Å². The van der Waals surface area contributed by atoms with E-state index in [1.165, 1.54) is 12.0 Å². The Balaban J connectivity index is 1.91. The number of nitrogens with zero attached hydrogens (tertiary/aromatic N) is 3. The third kappa shape index (κ3) is 4.19. The number of hydrogen-bond donors (Lipinski definition) is 1. The molecule has 1 N–H and O–H groups in total. The molecule has 0 aliphatic carbocycles. The van der Waals surface area contributed by atoms with Crippen LogP contribution in [0.1, 0.15) is 12.0 Å². The van der Waals surface area contributed by atoms with Crippen molar-refractivity contribution in [3.05, 3.63) is 48.3 Å². The Hall–Kier alpha value is -1.65. The van der Waals surface area contributed by atoms with Crippen molar-refractivity contribution in [3.63, 3.8) is 0 Å². The number of aromatic nitrogens is 2. The minimum Gasteiger partial charge on any atom is -0.320 e. The lowest BCUT2D eigenvalue weighted by Crippen LogP contribution is -2.22. The smallest absolute Gasteiger partial charge is 0.0645 e. The van der Waals surface area contributed by atoms with E-state index in [1.54, 1.807) is 0 Å². The summed E-state index contributed by atoms with van der Waals surface area (Å²) in [6.45, 7) is 3.10. The second-order valence-electron chi connectivity index (χ2n) is 4.82. The average Bonchev–Trinajstić information content (AvgIpc) is 2.88. The minimum absolute atomic E-state index is 0.941. The summed E-state index contributed by atoms with van der Waals surface area (Å²) in [5.74, 6) is 0. The van der Waals surface area contributed by atoms with Crippen LogP contribution in [0.25, 0.3) is 5.69 Å². The van der Waals surface area contributed by atoms with Gasteiger partial charge in [-0.25, -0.2) is 4.68 Å². The van der Waals surface area contributed by atoms with Gasteiger partial charge in [0.25, 0.3) is 0 Å². The van der Waals surface area contributed by atoms with E-state index in [0.717, 1.165) is 25.3 Å². The maximum Gasteiger partial charge on any atom is 0.0645 e. The van der Waals surface area contributed by atoms with E-state index in [-0.39, 0.29) is 0 Å². The summed E-state index contributed by atoms with van der Waals surface area (Å²) in [6.07, 6.45) is 5.21. The molecule has 0 aliphatic rings. The fourth-order valence-corrected chi connectivity index (χ4v) is 2.08. The number of benzene rings is 1. The Labute approximate surface area is 115 Å². The van der Waals surface area contributed by atoms with Crippen molar-refractivity contribution in [1.82, 2.24) is 20.0 Å². The predicted molar refractivity (Wildman–Crippen MR) is 78.4 cm³/mol. The van der Waals surface area contributed by atoms with E-state index >= 15 is 0 Å². The molecular weight excluding hydrogens is 236 g/mol. The summed E-state index contributed by atoms with van der Waals surface area (Å²) in [4.78, 5) is 2.32. The fourth-order valence-electron chi connectivity index (χ4n) is 2.08.